The van der Waals surface area contributed by atoms with E-state index in [0.29, 0.717) is 31.6 Å². The van der Waals surface area contributed by atoms with Gasteiger partial charge in [0, 0.05) is 43.8 Å². The maximum absolute atomic E-state index is 12.7. The summed E-state index contributed by atoms with van der Waals surface area (Å²) in [7, 11) is -3.13. The predicted octanol–water partition coefficient (Wildman–Crippen LogP) is 2.70. The molecule has 0 bridgehead atoms. The molecule has 6 nitrogen and oxygen atoms in total. The molecule has 1 aromatic rings. The molecular weight excluding hydrogens is 386 g/mol. The topological polar surface area (TPSA) is 69.7 Å². The molecule has 1 aromatic carbocycles. The summed E-state index contributed by atoms with van der Waals surface area (Å²) in [6.45, 7) is 9.18. The van der Waals surface area contributed by atoms with E-state index in [0.717, 1.165) is 44.3 Å². The minimum atomic E-state index is -3.13. The Bertz CT molecular complexity index is 824. The highest BCUT2D eigenvalue weighted by atomic mass is 32.2. The minimum Gasteiger partial charge on any atom is -0.350 e. The van der Waals surface area contributed by atoms with Gasteiger partial charge in [-0.1, -0.05) is 25.8 Å². The lowest BCUT2D eigenvalue weighted by Crippen LogP contribution is -2.60. The Morgan fingerprint density at radius 2 is 1.72 bits per heavy atom. The molecule has 162 valence electrons. The second-order valence-corrected chi connectivity index (χ2v) is 10.7. The van der Waals surface area contributed by atoms with Crippen LogP contribution in [-0.2, 0) is 10.0 Å². The fraction of sp³-hybridized carbons (Fsp3) is 0.682. The maximum Gasteiger partial charge on any atom is 0.251 e. The van der Waals surface area contributed by atoms with Crippen molar-refractivity contribution in [1.29, 1.82) is 0 Å². The van der Waals surface area contributed by atoms with Crippen molar-refractivity contribution in [2.24, 2.45) is 0 Å². The predicted molar refractivity (Wildman–Crippen MR) is 117 cm³/mol. The van der Waals surface area contributed by atoms with Crippen LogP contribution in [-0.4, -0.2) is 67.5 Å². The summed E-state index contributed by atoms with van der Waals surface area (Å²) in [4.78, 5) is 15.2. The van der Waals surface area contributed by atoms with Gasteiger partial charge in [0.2, 0.25) is 10.0 Å². The number of nitrogens with one attached hydrogen (secondary N) is 1. The Morgan fingerprint density at radius 3 is 2.31 bits per heavy atom. The summed E-state index contributed by atoms with van der Waals surface area (Å²) in [6.07, 6.45) is 5.09. The van der Waals surface area contributed by atoms with Gasteiger partial charge in [-0.15, -0.1) is 0 Å². The quantitative estimate of drug-likeness (QED) is 0.735. The first kappa shape index (κ1) is 22.2. The molecule has 0 spiro atoms. The van der Waals surface area contributed by atoms with Crippen molar-refractivity contribution in [2.75, 3.05) is 38.5 Å². The van der Waals surface area contributed by atoms with E-state index in [9.17, 15) is 13.2 Å². The molecule has 1 saturated heterocycles. The third kappa shape index (κ3) is 5.01. The van der Waals surface area contributed by atoms with E-state index in [1.54, 1.807) is 4.31 Å². The van der Waals surface area contributed by atoms with E-state index in [-0.39, 0.29) is 17.2 Å². The largest absolute Gasteiger partial charge is 0.350 e. The first-order valence-corrected chi connectivity index (χ1v) is 12.5. The average Bonchev–Trinajstić information content (AvgIpc) is 3.18. The van der Waals surface area contributed by atoms with Gasteiger partial charge in [0.25, 0.3) is 5.91 Å². The molecule has 2 aliphatic rings. The third-order valence-corrected chi connectivity index (χ3v) is 8.72. The number of carbonyl (C=O) groups excluding carboxylic acids is 1. The number of amides is 1. The maximum atomic E-state index is 12.7. The van der Waals surface area contributed by atoms with E-state index < -0.39 is 10.0 Å². The van der Waals surface area contributed by atoms with Crippen LogP contribution < -0.4 is 5.32 Å². The Labute approximate surface area is 175 Å². The standard InChI is InChI=1S/C22H35N3O3S/c1-4-15-29(27,28)25-13-11-24(12-14-25)22(9-5-6-10-22)17-23-21(26)20-8-7-18(2)19(3)16-20/h7-8,16H,4-6,9-15,17H2,1-3H3,(H,23,26). The van der Waals surface area contributed by atoms with Crippen LogP contribution in [0.4, 0.5) is 0 Å². The second kappa shape index (κ2) is 9.14. The van der Waals surface area contributed by atoms with Crippen LogP contribution in [0.2, 0.25) is 0 Å². The molecule has 1 N–H and O–H groups in total. The molecule has 29 heavy (non-hydrogen) atoms. The number of carbonyl (C=O) groups is 1. The zero-order valence-electron chi connectivity index (χ0n) is 18.0. The molecule has 0 radical (unpaired) electrons. The summed E-state index contributed by atoms with van der Waals surface area (Å²) in [5, 5.41) is 3.18. The van der Waals surface area contributed by atoms with Gasteiger partial charge >= 0.3 is 0 Å². The number of benzene rings is 1. The summed E-state index contributed by atoms with van der Waals surface area (Å²) in [6, 6.07) is 5.82. The number of hydrogen-bond donors (Lipinski definition) is 1. The molecule has 0 unspecified atom stereocenters. The van der Waals surface area contributed by atoms with Crippen LogP contribution in [0.1, 0.15) is 60.5 Å². The Morgan fingerprint density at radius 1 is 1.07 bits per heavy atom. The van der Waals surface area contributed by atoms with Gasteiger partial charge in [-0.05, 0) is 56.4 Å². The van der Waals surface area contributed by atoms with Crippen molar-refractivity contribution < 1.29 is 13.2 Å². The Balaban J connectivity index is 1.63. The van der Waals surface area contributed by atoms with E-state index in [4.69, 9.17) is 0 Å². The zero-order chi connectivity index (χ0) is 21.1. The van der Waals surface area contributed by atoms with Crippen molar-refractivity contribution in [1.82, 2.24) is 14.5 Å². The van der Waals surface area contributed by atoms with Crippen LogP contribution in [0.5, 0.6) is 0 Å². The summed E-state index contributed by atoms with van der Waals surface area (Å²) >= 11 is 0. The van der Waals surface area contributed by atoms with Gasteiger partial charge < -0.3 is 5.32 Å². The van der Waals surface area contributed by atoms with Crippen LogP contribution >= 0.6 is 0 Å². The molecular formula is C22H35N3O3S. The van der Waals surface area contributed by atoms with Crippen LogP contribution in [0, 0.1) is 13.8 Å². The molecule has 7 heteroatoms. The first-order chi connectivity index (χ1) is 13.8. The Hall–Kier alpha value is -1.44. The fourth-order valence-corrected chi connectivity index (χ4v) is 6.19. The average molecular weight is 422 g/mol. The van der Waals surface area contributed by atoms with Crippen LogP contribution in [0.15, 0.2) is 18.2 Å². The lowest BCUT2D eigenvalue weighted by Gasteiger charge is -2.45. The summed E-state index contributed by atoms with van der Waals surface area (Å²) < 4.78 is 26.4. The fourth-order valence-electron chi connectivity index (χ4n) is 4.70. The Kier molecular flexibility index (Phi) is 7.02. The van der Waals surface area contributed by atoms with Gasteiger partial charge in [0.1, 0.15) is 0 Å². The second-order valence-electron chi connectivity index (χ2n) is 8.62. The van der Waals surface area contributed by atoms with Gasteiger partial charge in [-0.2, -0.15) is 4.31 Å². The van der Waals surface area contributed by atoms with Crippen molar-refractivity contribution in [3.8, 4) is 0 Å². The number of sulfonamides is 1. The van der Waals surface area contributed by atoms with Crippen LogP contribution in [0.25, 0.3) is 0 Å². The molecule has 0 atom stereocenters. The molecule has 1 heterocycles. The summed E-state index contributed by atoms with van der Waals surface area (Å²) in [5.41, 5.74) is 2.97. The molecule has 3 rings (SSSR count). The van der Waals surface area contributed by atoms with Gasteiger partial charge in [-0.3, -0.25) is 9.69 Å². The number of hydrogen-bond acceptors (Lipinski definition) is 4. The highest BCUT2D eigenvalue weighted by molar-refractivity contribution is 7.89. The highest BCUT2D eigenvalue weighted by Crippen LogP contribution is 2.35. The number of nitrogens with zero attached hydrogens (tertiary/aromatic N) is 2. The molecule has 1 amide bonds. The number of rotatable bonds is 7. The number of piperazine rings is 1. The van der Waals surface area contributed by atoms with Crippen molar-refractivity contribution in [2.45, 2.75) is 58.4 Å². The molecule has 1 saturated carbocycles. The third-order valence-electron chi connectivity index (χ3n) is 6.65. The van der Waals surface area contributed by atoms with Gasteiger partial charge in [0.15, 0.2) is 0 Å². The van der Waals surface area contributed by atoms with Crippen molar-refractivity contribution in [3.05, 3.63) is 34.9 Å². The lowest BCUT2D eigenvalue weighted by atomic mass is 9.93. The monoisotopic (exact) mass is 421 g/mol. The van der Waals surface area contributed by atoms with E-state index in [1.165, 1.54) is 5.56 Å². The first-order valence-electron chi connectivity index (χ1n) is 10.9. The van der Waals surface area contributed by atoms with Gasteiger partial charge in [0.05, 0.1) is 5.75 Å². The van der Waals surface area contributed by atoms with E-state index >= 15 is 0 Å². The normalized spacial score (nSPS) is 20.7. The molecule has 2 fully saturated rings. The summed E-state index contributed by atoms with van der Waals surface area (Å²) in [5.74, 6) is 0.202. The van der Waals surface area contributed by atoms with Crippen molar-refractivity contribution in [3.63, 3.8) is 0 Å². The molecule has 0 aromatic heterocycles. The molecule has 1 aliphatic carbocycles. The molecule has 1 aliphatic heterocycles. The highest BCUT2D eigenvalue weighted by Gasteiger charge is 2.42. The van der Waals surface area contributed by atoms with Gasteiger partial charge in [-0.25, -0.2) is 8.42 Å². The van der Waals surface area contributed by atoms with E-state index in [1.807, 2.05) is 39.0 Å². The van der Waals surface area contributed by atoms with Crippen molar-refractivity contribution >= 4 is 15.9 Å². The van der Waals surface area contributed by atoms with E-state index in [2.05, 4.69) is 10.2 Å². The van der Waals surface area contributed by atoms with Crippen LogP contribution in [0.3, 0.4) is 0 Å². The lowest BCUT2D eigenvalue weighted by molar-refractivity contribution is 0.0540. The smallest absolute Gasteiger partial charge is 0.251 e. The zero-order valence-corrected chi connectivity index (χ0v) is 18.9. The minimum absolute atomic E-state index is 0.0245. The number of aryl methyl sites for hydroxylation is 2. The SMILES string of the molecule is CCCS(=O)(=O)N1CCN(C2(CNC(=O)c3ccc(C)c(C)c3)CCCC2)CC1.